The highest BCUT2D eigenvalue weighted by Gasteiger charge is 2.23. The summed E-state index contributed by atoms with van der Waals surface area (Å²) >= 11 is 0. The molecule has 1 aliphatic carbocycles. The van der Waals surface area contributed by atoms with Crippen LogP contribution < -0.4 is 15.8 Å². The lowest BCUT2D eigenvalue weighted by molar-refractivity contribution is -0.119. The van der Waals surface area contributed by atoms with E-state index in [1.165, 1.54) is 12.8 Å². The number of amides is 1. The number of primary amides is 1. The van der Waals surface area contributed by atoms with Crippen molar-refractivity contribution in [2.45, 2.75) is 64.5 Å². The Morgan fingerprint density at radius 2 is 2.14 bits per heavy atom. The molecular weight excluding hydrogens is 481 g/mol. The number of nitrogens with zero attached hydrogens (tertiary/aromatic N) is 3. The van der Waals surface area contributed by atoms with Crippen molar-refractivity contribution in [1.82, 2.24) is 15.2 Å². The molecule has 8 heteroatoms. The average Bonchev–Trinajstić information content (AvgIpc) is 3.18. The second kappa shape index (κ2) is 12.2. The summed E-state index contributed by atoms with van der Waals surface area (Å²) in [7, 11) is 0. The first-order chi connectivity index (χ1) is 13.6. The van der Waals surface area contributed by atoms with Crippen molar-refractivity contribution in [3.63, 3.8) is 0 Å². The number of carbonyl (C=O) groups is 1. The molecule has 1 amide bonds. The zero-order chi connectivity index (χ0) is 19.8. The Hall–Kier alpha value is -1.58. The van der Waals surface area contributed by atoms with E-state index in [0.717, 1.165) is 56.8 Å². The normalized spacial score (nSPS) is 20.2. The minimum Gasteiger partial charge on any atom is -0.474 e. The van der Waals surface area contributed by atoms with Gasteiger partial charge >= 0.3 is 0 Å². The van der Waals surface area contributed by atoms with Crippen LogP contribution >= 0.6 is 24.0 Å². The molecule has 7 nitrogen and oxygen atoms in total. The maximum Gasteiger partial charge on any atom is 0.217 e. The van der Waals surface area contributed by atoms with Crippen molar-refractivity contribution in [3.8, 4) is 5.88 Å². The van der Waals surface area contributed by atoms with Crippen molar-refractivity contribution in [1.29, 1.82) is 0 Å². The largest absolute Gasteiger partial charge is 0.474 e. The minimum atomic E-state index is -0.222. The third-order valence-corrected chi connectivity index (χ3v) is 5.44. The third kappa shape index (κ3) is 7.64. The van der Waals surface area contributed by atoms with Crippen molar-refractivity contribution in [2.24, 2.45) is 16.6 Å². The molecule has 1 saturated heterocycles. The molecule has 1 atom stereocenters. The first-order valence-corrected chi connectivity index (χ1v) is 10.6. The molecule has 2 fully saturated rings. The molecule has 0 aromatic carbocycles. The molecule has 1 aliphatic heterocycles. The van der Waals surface area contributed by atoms with E-state index in [-0.39, 0.29) is 29.9 Å². The van der Waals surface area contributed by atoms with Crippen molar-refractivity contribution < 1.29 is 9.53 Å². The quantitative estimate of drug-likeness (QED) is 0.331. The summed E-state index contributed by atoms with van der Waals surface area (Å²) in [4.78, 5) is 22.7. The number of pyridine rings is 1. The number of guanidine groups is 1. The summed E-state index contributed by atoms with van der Waals surface area (Å²) in [6.07, 6.45) is 9.38. The summed E-state index contributed by atoms with van der Waals surface area (Å²) in [5.74, 6) is 1.68. The number of rotatable bonds is 7. The smallest absolute Gasteiger partial charge is 0.217 e. The Labute approximate surface area is 190 Å². The highest BCUT2D eigenvalue weighted by molar-refractivity contribution is 14.0. The van der Waals surface area contributed by atoms with Gasteiger partial charge in [-0.15, -0.1) is 24.0 Å². The van der Waals surface area contributed by atoms with Gasteiger partial charge in [0, 0.05) is 38.3 Å². The van der Waals surface area contributed by atoms with Gasteiger partial charge in [0.25, 0.3) is 0 Å². The molecule has 162 valence electrons. The van der Waals surface area contributed by atoms with Gasteiger partial charge in [-0.25, -0.2) is 9.98 Å². The molecule has 3 N–H and O–H groups in total. The number of halogens is 1. The number of likely N-dealkylation sites (tertiary alicyclic amines) is 1. The number of ether oxygens (including phenoxy) is 1. The third-order valence-electron chi connectivity index (χ3n) is 5.44. The molecule has 2 aliphatic rings. The molecule has 1 saturated carbocycles. The van der Waals surface area contributed by atoms with E-state index in [9.17, 15) is 4.79 Å². The highest BCUT2D eigenvalue weighted by Crippen LogP contribution is 2.23. The van der Waals surface area contributed by atoms with Gasteiger partial charge in [0.1, 0.15) is 6.10 Å². The van der Waals surface area contributed by atoms with Gasteiger partial charge < -0.3 is 20.7 Å². The van der Waals surface area contributed by atoms with Gasteiger partial charge in [-0.2, -0.15) is 0 Å². The standard InChI is InChI=1S/C21H33N5O2.HI/c1-2-23-21(26-11-5-6-17(15-26)12-19(22)27)25-14-16-9-10-24-20(13-16)28-18-7-3-4-8-18;/h9-10,13,17-18H,2-8,11-12,14-15H2,1H3,(H2,22,27)(H,23,25);1H. The van der Waals surface area contributed by atoms with E-state index < -0.39 is 0 Å². The summed E-state index contributed by atoms with van der Waals surface area (Å²) < 4.78 is 6.01. The van der Waals surface area contributed by atoms with Crippen LogP contribution in [0.3, 0.4) is 0 Å². The lowest BCUT2D eigenvalue weighted by Gasteiger charge is -2.34. The summed E-state index contributed by atoms with van der Waals surface area (Å²) in [6, 6.07) is 3.98. The SMILES string of the molecule is CCNC(=NCc1ccnc(OC2CCCC2)c1)N1CCCC(CC(N)=O)C1.I. The zero-order valence-electron chi connectivity index (χ0n) is 17.3. The van der Waals surface area contributed by atoms with E-state index in [4.69, 9.17) is 15.5 Å². The van der Waals surface area contributed by atoms with Crippen LogP contribution in [0.5, 0.6) is 5.88 Å². The van der Waals surface area contributed by atoms with Gasteiger partial charge in [-0.05, 0) is 63.0 Å². The van der Waals surface area contributed by atoms with Crippen LogP contribution in [0, 0.1) is 5.92 Å². The molecule has 1 aromatic heterocycles. The maximum atomic E-state index is 11.3. The van der Waals surface area contributed by atoms with Gasteiger partial charge in [0.15, 0.2) is 5.96 Å². The van der Waals surface area contributed by atoms with E-state index in [1.54, 1.807) is 6.20 Å². The first-order valence-electron chi connectivity index (χ1n) is 10.6. The number of piperidine rings is 1. The fourth-order valence-corrected chi connectivity index (χ4v) is 4.09. The molecule has 0 radical (unpaired) electrons. The van der Waals surface area contributed by atoms with Crippen LogP contribution in [0.15, 0.2) is 23.3 Å². The van der Waals surface area contributed by atoms with Crippen molar-refractivity contribution >= 4 is 35.8 Å². The lowest BCUT2D eigenvalue weighted by Crippen LogP contribution is -2.47. The number of nitrogens with one attached hydrogen (secondary N) is 1. The summed E-state index contributed by atoms with van der Waals surface area (Å²) in [6.45, 7) is 5.22. The topological polar surface area (TPSA) is 92.8 Å². The Morgan fingerprint density at radius 1 is 1.34 bits per heavy atom. The Kier molecular flexibility index (Phi) is 9.96. The molecule has 3 rings (SSSR count). The van der Waals surface area contributed by atoms with Crippen LogP contribution in [0.2, 0.25) is 0 Å². The predicted octanol–water partition coefficient (Wildman–Crippen LogP) is 3.07. The minimum absolute atomic E-state index is 0. The van der Waals surface area contributed by atoms with E-state index in [1.807, 2.05) is 12.1 Å². The van der Waals surface area contributed by atoms with E-state index in [2.05, 4.69) is 22.1 Å². The van der Waals surface area contributed by atoms with Crippen molar-refractivity contribution in [2.75, 3.05) is 19.6 Å². The molecule has 1 unspecified atom stereocenters. The van der Waals surface area contributed by atoms with E-state index in [0.29, 0.717) is 30.9 Å². The highest BCUT2D eigenvalue weighted by atomic mass is 127. The number of aromatic nitrogens is 1. The Bertz CT molecular complexity index is 679. The van der Waals surface area contributed by atoms with Gasteiger partial charge in [-0.3, -0.25) is 4.79 Å². The fourth-order valence-electron chi connectivity index (χ4n) is 4.09. The van der Waals surface area contributed by atoms with Crippen LogP contribution in [0.4, 0.5) is 0 Å². The Balaban J connectivity index is 0.00000300. The molecule has 1 aromatic rings. The van der Waals surface area contributed by atoms with Crippen molar-refractivity contribution in [3.05, 3.63) is 23.9 Å². The molecule has 0 spiro atoms. The van der Waals surface area contributed by atoms with Gasteiger partial charge in [-0.1, -0.05) is 0 Å². The Morgan fingerprint density at radius 3 is 2.86 bits per heavy atom. The second-order valence-corrected chi connectivity index (χ2v) is 7.82. The number of carbonyl (C=O) groups excluding carboxylic acids is 1. The lowest BCUT2D eigenvalue weighted by atomic mass is 9.95. The number of hydrogen-bond donors (Lipinski definition) is 2. The molecular formula is C21H34IN5O2. The van der Waals surface area contributed by atoms with Crippen LogP contribution in [-0.2, 0) is 11.3 Å². The molecule has 0 bridgehead atoms. The van der Waals surface area contributed by atoms with Gasteiger partial charge in [0.2, 0.25) is 11.8 Å². The maximum absolute atomic E-state index is 11.3. The van der Waals surface area contributed by atoms with Crippen LogP contribution in [-0.4, -0.2) is 47.5 Å². The molecule has 2 heterocycles. The van der Waals surface area contributed by atoms with Crippen LogP contribution in [0.1, 0.15) is 57.4 Å². The number of nitrogens with two attached hydrogens (primary N) is 1. The summed E-state index contributed by atoms with van der Waals surface area (Å²) in [5, 5.41) is 3.38. The van der Waals surface area contributed by atoms with Gasteiger partial charge in [0.05, 0.1) is 6.54 Å². The second-order valence-electron chi connectivity index (χ2n) is 7.82. The predicted molar refractivity (Wildman–Crippen MR) is 125 cm³/mol. The zero-order valence-corrected chi connectivity index (χ0v) is 19.6. The van der Waals surface area contributed by atoms with Crippen LogP contribution in [0.25, 0.3) is 0 Å². The number of aliphatic imine (C=N–C) groups is 1. The molecule has 29 heavy (non-hydrogen) atoms. The first kappa shape index (κ1) is 23.7. The fraction of sp³-hybridized carbons (Fsp3) is 0.667. The average molecular weight is 515 g/mol. The van der Waals surface area contributed by atoms with E-state index >= 15 is 0 Å². The number of hydrogen-bond acceptors (Lipinski definition) is 4. The summed E-state index contributed by atoms with van der Waals surface area (Å²) in [5.41, 5.74) is 6.48. The monoisotopic (exact) mass is 515 g/mol.